The number of rotatable bonds is 6. The number of H-pyrrole nitrogens is 1. The first kappa shape index (κ1) is 19.9. The van der Waals surface area contributed by atoms with Crippen molar-refractivity contribution in [3.05, 3.63) is 57.1 Å². The predicted octanol–water partition coefficient (Wildman–Crippen LogP) is 3.39. The van der Waals surface area contributed by atoms with Gasteiger partial charge in [0.05, 0.1) is 23.6 Å². The molecule has 0 fully saturated rings. The van der Waals surface area contributed by atoms with Crippen LogP contribution in [-0.4, -0.2) is 37.4 Å². The normalized spacial score (nSPS) is 11.2. The quantitative estimate of drug-likeness (QED) is 0.613. The van der Waals surface area contributed by atoms with Crippen LogP contribution in [0.2, 0.25) is 0 Å². The van der Waals surface area contributed by atoms with Crippen LogP contribution in [0.5, 0.6) is 5.88 Å². The van der Waals surface area contributed by atoms with Gasteiger partial charge < -0.3 is 9.84 Å². The van der Waals surface area contributed by atoms with E-state index < -0.39 is 11.5 Å². The Morgan fingerprint density at radius 2 is 1.86 bits per heavy atom. The standard InChI is InChI=1S/C19H20N6O4/c1-5-29-16-10(2)11(3)20-19(21-16)25-17(26)15(12(4)24-25)23-22-14-8-6-13(7-9-14)18(27)28/h6-9,24H,5H2,1-4H3,(H,27,28). The van der Waals surface area contributed by atoms with Crippen LogP contribution in [0.3, 0.4) is 0 Å². The lowest BCUT2D eigenvalue weighted by atomic mass is 10.2. The second kappa shape index (κ2) is 8.05. The van der Waals surface area contributed by atoms with Crippen molar-refractivity contribution in [3.63, 3.8) is 0 Å². The van der Waals surface area contributed by atoms with Crippen molar-refractivity contribution in [2.75, 3.05) is 6.61 Å². The smallest absolute Gasteiger partial charge is 0.335 e. The molecule has 0 radical (unpaired) electrons. The maximum Gasteiger partial charge on any atom is 0.335 e. The van der Waals surface area contributed by atoms with E-state index in [2.05, 4.69) is 25.3 Å². The van der Waals surface area contributed by atoms with Crippen molar-refractivity contribution in [2.24, 2.45) is 10.2 Å². The Balaban J connectivity index is 1.97. The number of carboxylic acids is 1. The number of carboxylic acid groups (broad SMARTS) is 1. The Hall–Kier alpha value is -3.82. The molecule has 2 aromatic heterocycles. The predicted molar refractivity (Wildman–Crippen MR) is 105 cm³/mol. The molecule has 0 aliphatic carbocycles. The highest BCUT2D eigenvalue weighted by Crippen LogP contribution is 2.21. The lowest BCUT2D eigenvalue weighted by molar-refractivity contribution is 0.0697. The maximum absolute atomic E-state index is 12.8. The van der Waals surface area contributed by atoms with Crippen LogP contribution < -0.4 is 10.3 Å². The molecule has 0 atom stereocenters. The van der Waals surface area contributed by atoms with Gasteiger partial charge in [-0.05, 0) is 52.0 Å². The third-order valence-corrected chi connectivity index (χ3v) is 4.23. The number of nitrogens with one attached hydrogen (secondary N) is 1. The number of azo groups is 1. The molecule has 3 rings (SSSR count). The zero-order chi connectivity index (χ0) is 21.1. The minimum absolute atomic E-state index is 0.104. The van der Waals surface area contributed by atoms with Gasteiger partial charge in [0.2, 0.25) is 5.88 Å². The van der Waals surface area contributed by atoms with Gasteiger partial charge in [-0.1, -0.05) is 0 Å². The number of aromatic amines is 1. The van der Waals surface area contributed by atoms with E-state index >= 15 is 0 Å². The fourth-order valence-electron chi connectivity index (χ4n) is 2.54. The summed E-state index contributed by atoms with van der Waals surface area (Å²) in [6.45, 7) is 7.64. The number of benzene rings is 1. The Morgan fingerprint density at radius 1 is 1.17 bits per heavy atom. The second-order valence-electron chi connectivity index (χ2n) is 6.25. The summed E-state index contributed by atoms with van der Waals surface area (Å²) in [6, 6.07) is 5.84. The van der Waals surface area contributed by atoms with E-state index in [1.165, 1.54) is 28.9 Å². The van der Waals surface area contributed by atoms with Gasteiger partial charge in [-0.3, -0.25) is 9.89 Å². The molecule has 0 saturated heterocycles. The van der Waals surface area contributed by atoms with E-state index in [0.717, 1.165) is 5.56 Å². The molecule has 10 heteroatoms. The second-order valence-corrected chi connectivity index (χ2v) is 6.25. The summed E-state index contributed by atoms with van der Waals surface area (Å²) in [6.07, 6.45) is 0. The Bertz CT molecular complexity index is 1140. The number of carbonyl (C=O) groups is 1. The minimum Gasteiger partial charge on any atom is -0.478 e. The van der Waals surface area contributed by atoms with Gasteiger partial charge in [-0.25, -0.2) is 9.78 Å². The SMILES string of the molecule is CCOc1nc(-n2[nH]c(C)c(N=Nc3ccc(C(=O)O)cc3)c2=O)nc(C)c1C. The number of aryl methyl sites for hydroxylation is 2. The van der Waals surface area contributed by atoms with Gasteiger partial charge in [0.25, 0.3) is 5.95 Å². The van der Waals surface area contributed by atoms with E-state index in [1.54, 1.807) is 6.92 Å². The van der Waals surface area contributed by atoms with Crippen LogP contribution in [0.4, 0.5) is 11.4 Å². The Labute approximate surface area is 165 Å². The van der Waals surface area contributed by atoms with Crippen LogP contribution in [0.1, 0.15) is 34.2 Å². The summed E-state index contributed by atoms with van der Waals surface area (Å²) in [4.78, 5) is 32.4. The van der Waals surface area contributed by atoms with Crippen LogP contribution in [0.15, 0.2) is 39.3 Å². The summed E-state index contributed by atoms with van der Waals surface area (Å²) >= 11 is 0. The zero-order valence-electron chi connectivity index (χ0n) is 16.4. The van der Waals surface area contributed by atoms with Gasteiger partial charge >= 0.3 is 11.5 Å². The Kier molecular flexibility index (Phi) is 5.53. The number of hydrogen-bond donors (Lipinski definition) is 2. The van der Waals surface area contributed by atoms with Gasteiger partial charge in [-0.15, -0.1) is 5.11 Å². The first-order valence-electron chi connectivity index (χ1n) is 8.87. The molecule has 0 bridgehead atoms. The molecule has 29 heavy (non-hydrogen) atoms. The van der Waals surface area contributed by atoms with Gasteiger partial charge in [0, 0.05) is 11.3 Å². The van der Waals surface area contributed by atoms with Crippen LogP contribution in [0.25, 0.3) is 5.95 Å². The first-order valence-corrected chi connectivity index (χ1v) is 8.87. The molecule has 1 aromatic carbocycles. The highest BCUT2D eigenvalue weighted by Gasteiger charge is 2.17. The molecule has 0 amide bonds. The number of ether oxygens (including phenoxy) is 1. The van der Waals surface area contributed by atoms with E-state index in [0.29, 0.717) is 29.6 Å². The van der Waals surface area contributed by atoms with E-state index in [-0.39, 0.29) is 17.2 Å². The first-order chi connectivity index (χ1) is 13.8. The molecular formula is C19H20N6O4. The van der Waals surface area contributed by atoms with E-state index in [4.69, 9.17) is 9.84 Å². The van der Waals surface area contributed by atoms with Crippen molar-refractivity contribution in [3.8, 4) is 11.8 Å². The molecule has 0 aliphatic heterocycles. The van der Waals surface area contributed by atoms with E-state index in [9.17, 15) is 9.59 Å². The fraction of sp³-hybridized carbons (Fsp3) is 0.263. The molecule has 10 nitrogen and oxygen atoms in total. The summed E-state index contributed by atoms with van der Waals surface area (Å²) in [5, 5.41) is 19.9. The number of nitrogens with zero attached hydrogens (tertiary/aromatic N) is 5. The zero-order valence-corrected chi connectivity index (χ0v) is 16.4. The monoisotopic (exact) mass is 396 g/mol. The summed E-state index contributed by atoms with van der Waals surface area (Å²) in [7, 11) is 0. The Morgan fingerprint density at radius 3 is 2.48 bits per heavy atom. The van der Waals surface area contributed by atoms with E-state index in [1.807, 2.05) is 20.8 Å². The largest absolute Gasteiger partial charge is 0.478 e. The van der Waals surface area contributed by atoms with Crippen molar-refractivity contribution in [1.29, 1.82) is 0 Å². The molecule has 3 aromatic rings. The molecule has 0 saturated carbocycles. The number of hydrogen-bond acceptors (Lipinski definition) is 7. The molecule has 0 spiro atoms. The van der Waals surface area contributed by atoms with Crippen LogP contribution in [0, 0.1) is 20.8 Å². The average Bonchev–Trinajstić information content (AvgIpc) is 2.98. The van der Waals surface area contributed by atoms with Gasteiger partial charge in [0.15, 0.2) is 5.69 Å². The average molecular weight is 396 g/mol. The fourth-order valence-corrected chi connectivity index (χ4v) is 2.54. The lowest BCUT2D eigenvalue weighted by Crippen LogP contribution is -2.18. The molecule has 0 aliphatic rings. The maximum atomic E-state index is 12.8. The molecular weight excluding hydrogens is 376 g/mol. The third kappa shape index (κ3) is 4.05. The van der Waals surface area contributed by atoms with Crippen LogP contribution in [-0.2, 0) is 0 Å². The minimum atomic E-state index is -1.03. The van der Waals surface area contributed by atoms with Gasteiger partial charge in [-0.2, -0.15) is 14.8 Å². The molecule has 2 N–H and O–H groups in total. The number of aromatic nitrogens is 4. The molecule has 0 unspecified atom stereocenters. The van der Waals surface area contributed by atoms with Gasteiger partial charge in [0.1, 0.15) is 0 Å². The van der Waals surface area contributed by atoms with Crippen molar-refractivity contribution >= 4 is 17.3 Å². The summed E-state index contributed by atoms with van der Waals surface area (Å²) in [5.74, 6) is -0.467. The van der Waals surface area contributed by atoms with Crippen molar-refractivity contribution in [1.82, 2.24) is 19.7 Å². The number of aromatic carboxylic acids is 1. The summed E-state index contributed by atoms with van der Waals surface area (Å²) in [5.41, 5.74) is 2.19. The third-order valence-electron chi connectivity index (χ3n) is 4.23. The highest BCUT2D eigenvalue weighted by molar-refractivity contribution is 5.87. The lowest BCUT2D eigenvalue weighted by Gasteiger charge is -2.10. The van der Waals surface area contributed by atoms with Crippen LogP contribution >= 0.6 is 0 Å². The molecule has 2 heterocycles. The van der Waals surface area contributed by atoms with Crippen molar-refractivity contribution in [2.45, 2.75) is 27.7 Å². The highest BCUT2D eigenvalue weighted by atomic mass is 16.5. The van der Waals surface area contributed by atoms with Crippen molar-refractivity contribution < 1.29 is 14.6 Å². The topological polar surface area (TPSA) is 135 Å². The molecule has 150 valence electrons. The summed E-state index contributed by atoms with van der Waals surface area (Å²) < 4.78 is 6.71.